The Labute approximate surface area is 113 Å². The number of nitrogens with one attached hydrogen (secondary N) is 1. The monoisotopic (exact) mass is 269 g/mol. The average Bonchev–Trinajstić information content (AvgIpc) is 2.77. The van der Waals surface area contributed by atoms with Crippen LogP contribution in [0.3, 0.4) is 0 Å². The Morgan fingerprint density at radius 3 is 2.83 bits per heavy atom. The Hall–Kier alpha value is -0.770. The normalized spacial score (nSPS) is 25.1. The molecule has 1 aliphatic rings. The summed E-state index contributed by atoms with van der Waals surface area (Å²) in [6.45, 7) is 2.95. The van der Waals surface area contributed by atoms with Crippen LogP contribution in [0.25, 0.3) is 0 Å². The summed E-state index contributed by atoms with van der Waals surface area (Å²) < 4.78 is 11.1. The van der Waals surface area contributed by atoms with Crippen LogP contribution in [0.15, 0.2) is 18.2 Å². The van der Waals surface area contributed by atoms with Gasteiger partial charge < -0.3 is 14.8 Å². The number of hydrogen-bond donors (Lipinski definition) is 1. The summed E-state index contributed by atoms with van der Waals surface area (Å²) in [6, 6.07) is 5.96. The van der Waals surface area contributed by atoms with Crippen LogP contribution >= 0.6 is 11.6 Å². The minimum absolute atomic E-state index is 0.205. The van der Waals surface area contributed by atoms with Crippen molar-refractivity contribution in [3.05, 3.63) is 28.8 Å². The molecule has 0 bridgehead atoms. The number of halogens is 1. The number of methoxy groups -OCH3 is 1. The molecular weight excluding hydrogens is 250 g/mol. The van der Waals surface area contributed by atoms with Gasteiger partial charge in [-0.15, -0.1) is 0 Å². The number of rotatable bonds is 4. The Kier molecular flexibility index (Phi) is 4.49. The van der Waals surface area contributed by atoms with Gasteiger partial charge in [0, 0.05) is 29.2 Å². The average molecular weight is 270 g/mol. The standard InChI is InChI=1S/C14H20ClNO2/c1-9-11(6-7-18-9)14(16-2)12-8-10(15)4-5-13(12)17-3/h4-5,8-9,11,14,16H,6-7H2,1-3H3. The lowest BCUT2D eigenvalue weighted by Gasteiger charge is -2.27. The quantitative estimate of drug-likeness (QED) is 0.911. The molecule has 1 N–H and O–H groups in total. The van der Waals surface area contributed by atoms with Crippen molar-refractivity contribution < 1.29 is 9.47 Å². The van der Waals surface area contributed by atoms with Gasteiger partial charge in [0.2, 0.25) is 0 Å². The Morgan fingerprint density at radius 2 is 2.28 bits per heavy atom. The molecule has 1 fully saturated rings. The van der Waals surface area contributed by atoms with Crippen LogP contribution in [-0.4, -0.2) is 26.9 Å². The van der Waals surface area contributed by atoms with E-state index in [9.17, 15) is 0 Å². The summed E-state index contributed by atoms with van der Waals surface area (Å²) in [4.78, 5) is 0. The molecule has 0 radical (unpaired) electrons. The molecule has 1 heterocycles. The Morgan fingerprint density at radius 1 is 1.50 bits per heavy atom. The third kappa shape index (κ3) is 2.63. The Balaban J connectivity index is 2.34. The van der Waals surface area contributed by atoms with Crippen LogP contribution < -0.4 is 10.1 Å². The second-order valence-electron chi connectivity index (χ2n) is 4.68. The summed E-state index contributed by atoms with van der Waals surface area (Å²) in [6.07, 6.45) is 1.31. The van der Waals surface area contributed by atoms with Crippen LogP contribution in [0.5, 0.6) is 5.75 Å². The summed E-state index contributed by atoms with van der Waals surface area (Å²) in [5.74, 6) is 1.32. The van der Waals surface area contributed by atoms with Gasteiger partial charge in [-0.1, -0.05) is 11.6 Å². The van der Waals surface area contributed by atoms with Crippen molar-refractivity contribution in [2.75, 3.05) is 20.8 Å². The molecule has 1 saturated heterocycles. The fraction of sp³-hybridized carbons (Fsp3) is 0.571. The minimum atomic E-state index is 0.205. The zero-order valence-electron chi connectivity index (χ0n) is 11.1. The summed E-state index contributed by atoms with van der Waals surface area (Å²) in [5.41, 5.74) is 1.11. The second kappa shape index (κ2) is 5.91. The van der Waals surface area contributed by atoms with Crippen molar-refractivity contribution in [2.24, 2.45) is 5.92 Å². The molecule has 18 heavy (non-hydrogen) atoms. The van der Waals surface area contributed by atoms with Gasteiger partial charge in [-0.2, -0.15) is 0 Å². The van der Waals surface area contributed by atoms with E-state index < -0.39 is 0 Å². The predicted octanol–water partition coefficient (Wildman–Crippen LogP) is 3.03. The van der Waals surface area contributed by atoms with Gasteiger partial charge in [0.1, 0.15) is 5.75 Å². The second-order valence-corrected chi connectivity index (χ2v) is 5.12. The van der Waals surface area contributed by atoms with Gasteiger partial charge in [-0.25, -0.2) is 0 Å². The maximum absolute atomic E-state index is 6.10. The molecule has 100 valence electrons. The molecule has 3 unspecified atom stereocenters. The minimum Gasteiger partial charge on any atom is -0.496 e. The van der Waals surface area contributed by atoms with Crippen molar-refractivity contribution >= 4 is 11.6 Å². The molecule has 1 aliphatic heterocycles. The van der Waals surface area contributed by atoms with E-state index in [0.29, 0.717) is 5.92 Å². The first-order valence-corrected chi connectivity index (χ1v) is 6.67. The van der Waals surface area contributed by atoms with Crippen molar-refractivity contribution in [3.63, 3.8) is 0 Å². The van der Waals surface area contributed by atoms with E-state index in [1.807, 2.05) is 25.2 Å². The molecular formula is C14H20ClNO2. The van der Waals surface area contributed by atoms with Crippen LogP contribution in [-0.2, 0) is 4.74 Å². The van der Waals surface area contributed by atoms with Crippen LogP contribution in [0.4, 0.5) is 0 Å². The summed E-state index contributed by atoms with van der Waals surface area (Å²) >= 11 is 6.10. The lowest BCUT2D eigenvalue weighted by molar-refractivity contribution is 0.0960. The van der Waals surface area contributed by atoms with Crippen molar-refractivity contribution in [2.45, 2.75) is 25.5 Å². The summed E-state index contributed by atoms with van der Waals surface area (Å²) in [7, 11) is 3.66. The van der Waals surface area contributed by atoms with E-state index in [1.165, 1.54) is 0 Å². The highest BCUT2D eigenvalue weighted by Gasteiger charge is 2.33. The lowest BCUT2D eigenvalue weighted by atomic mass is 9.88. The molecule has 0 aliphatic carbocycles. The summed E-state index contributed by atoms with van der Waals surface area (Å²) in [5, 5.41) is 4.11. The zero-order chi connectivity index (χ0) is 13.1. The highest BCUT2D eigenvalue weighted by atomic mass is 35.5. The molecule has 0 saturated carbocycles. The first-order valence-electron chi connectivity index (χ1n) is 6.29. The van der Waals surface area contributed by atoms with Gasteiger partial charge in [-0.05, 0) is 38.6 Å². The number of hydrogen-bond acceptors (Lipinski definition) is 3. The van der Waals surface area contributed by atoms with Crippen LogP contribution in [0.2, 0.25) is 5.02 Å². The first-order chi connectivity index (χ1) is 8.67. The Bertz CT molecular complexity index is 411. The van der Waals surface area contributed by atoms with Gasteiger partial charge in [0.15, 0.2) is 0 Å². The van der Waals surface area contributed by atoms with E-state index in [-0.39, 0.29) is 12.1 Å². The fourth-order valence-corrected chi connectivity index (χ4v) is 2.92. The topological polar surface area (TPSA) is 30.5 Å². The first kappa shape index (κ1) is 13.7. The highest BCUT2D eigenvalue weighted by molar-refractivity contribution is 6.30. The van der Waals surface area contributed by atoms with Gasteiger partial charge in [0.25, 0.3) is 0 Å². The molecule has 1 aromatic rings. The number of benzene rings is 1. The van der Waals surface area contributed by atoms with Crippen molar-refractivity contribution in [1.82, 2.24) is 5.32 Å². The maximum atomic E-state index is 6.10. The molecule has 0 aromatic heterocycles. The largest absolute Gasteiger partial charge is 0.496 e. The van der Waals surface area contributed by atoms with E-state index in [4.69, 9.17) is 21.1 Å². The van der Waals surface area contributed by atoms with Gasteiger partial charge >= 0.3 is 0 Å². The van der Waals surface area contributed by atoms with Crippen molar-refractivity contribution in [3.8, 4) is 5.75 Å². The maximum Gasteiger partial charge on any atom is 0.123 e. The molecule has 1 aromatic carbocycles. The number of ether oxygens (including phenoxy) is 2. The third-order valence-electron chi connectivity index (χ3n) is 3.70. The van der Waals surface area contributed by atoms with Crippen LogP contribution in [0.1, 0.15) is 24.9 Å². The van der Waals surface area contributed by atoms with E-state index in [1.54, 1.807) is 7.11 Å². The van der Waals surface area contributed by atoms with Gasteiger partial charge in [0.05, 0.1) is 13.2 Å². The van der Waals surface area contributed by atoms with E-state index in [0.717, 1.165) is 29.4 Å². The molecule has 4 heteroatoms. The third-order valence-corrected chi connectivity index (χ3v) is 3.94. The zero-order valence-corrected chi connectivity index (χ0v) is 11.8. The van der Waals surface area contributed by atoms with E-state index in [2.05, 4.69) is 12.2 Å². The smallest absolute Gasteiger partial charge is 0.123 e. The predicted molar refractivity (Wildman–Crippen MR) is 73.3 cm³/mol. The molecule has 3 nitrogen and oxygen atoms in total. The van der Waals surface area contributed by atoms with Crippen molar-refractivity contribution in [1.29, 1.82) is 0 Å². The highest BCUT2D eigenvalue weighted by Crippen LogP contribution is 2.38. The van der Waals surface area contributed by atoms with Gasteiger partial charge in [-0.3, -0.25) is 0 Å². The molecule has 0 amide bonds. The molecule has 0 spiro atoms. The van der Waals surface area contributed by atoms with E-state index >= 15 is 0 Å². The molecule has 2 rings (SSSR count). The fourth-order valence-electron chi connectivity index (χ4n) is 2.73. The SMILES string of the molecule is CNC(c1cc(Cl)ccc1OC)C1CCOC1C. The lowest BCUT2D eigenvalue weighted by Crippen LogP contribution is -2.29. The molecule has 3 atom stereocenters. The van der Waals surface area contributed by atoms with Crippen LogP contribution in [0, 0.1) is 5.92 Å².